The van der Waals surface area contributed by atoms with Crippen LogP contribution in [0.3, 0.4) is 0 Å². The molecule has 0 aliphatic rings. The van der Waals surface area contributed by atoms with Gasteiger partial charge in [-0.15, -0.1) is 0 Å². The first-order valence-electron chi connectivity index (χ1n) is 39.7. The highest BCUT2D eigenvalue weighted by atomic mass is 31.2. The Morgan fingerprint density at radius 3 is 0.747 bits per heavy atom. The average Bonchev–Trinajstić information content (AvgIpc) is 1.61. The summed E-state index contributed by atoms with van der Waals surface area (Å²) in [5, 5.41) is 10.6. The molecule has 0 aliphatic carbocycles. The molecule has 17 nitrogen and oxygen atoms in total. The predicted molar refractivity (Wildman–Crippen MR) is 386 cm³/mol. The number of carbonyl (C=O) groups is 4. The maximum Gasteiger partial charge on any atom is 0.472 e. The number of unbranched alkanes of at least 4 members (excludes halogenated alkanes) is 47. The second-order valence-corrected chi connectivity index (χ2v) is 30.5. The zero-order valence-corrected chi connectivity index (χ0v) is 63.6. The highest BCUT2D eigenvalue weighted by Crippen LogP contribution is 2.45. The van der Waals surface area contributed by atoms with Crippen LogP contribution >= 0.6 is 15.6 Å². The van der Waals surface area contributed by atoms with Crippen LogP contribution in [0.25, 0.3) is 0 Å². The number of hydrogen-bond acceptors (Lipinski definition) is 15. The van der Waals surface area contributed by atoms with Crippen molar-refractivity contribution in [3.63, 3.8) is 0 Å². The van der Waals surface area contributed by atoms with Crippen molar-refractivity contribution < 1.29 is 80.2 Å². The second kappa shape index (κ2) is 69.2. The van der Waals surface area contributed by atoms with Gasteiger partial charge in [-0.25, -0.2) is 9.13 Å². The summed E-state index contributed by atoms with van der Waals surface area (Å²) >= 11 is 0. The molecule has 0 aromatic heterocycles. The molecule has 0 amide bonds. The van der Waals surface area contributed by atoms with Crippen LogP contribution in [0.5, 0.6) is 0 Å². The van der Waals surface area contributed by atoms with E-state index in [1.54, 1.807) is 0 Å². The maximum atomic E-state index is 13.1. The van der Waals surface area contributed by atoms with Crippen LogP contribution in [0, 0.1) is 5.92 Å². The molecule has 0 bridgehead atoms. The summed E-state index contributed by atoms with van der Waals surface area (Å²) in [4.78, 5) is 72.8. The van der Waals surface area contributed by atoms with Crippen molar-refractivity contribution in [1.29, 1.82) is 0 Å². The summed E-state index contributed by atoms with van der Waals surface area (Å²) in [6.07, 6.45) is 58.1. The number of ether oxygens (including phenoxy) is 4. The van der Waals surface area contributed by atoms with Crippen LogP contribution in [-0.4, -0.2) is 96.7 Å². The SMILES string of the molecule is CCCCCCCCCCCCCCCCCCCCCC(=O)O[C@H](COC(=O)CCCCCCCCCCCCC(C)CC)COP(=O)(O)OC[C@@H](O)COP(=O)(O)OC[C@@H](COC(=O)CCCCCCCCCCC)OC(=O)CCCCCCCCCCCCCCC. The third kappa shape index (κ3) is 69.0. The van der Waals surface area contributed by atoms with Gasteiger partial charge in [-0.3, -0.25) is 37.3 Å². The molecular weight excluding hydrogens is 1250 g/mol. The molecule has 0 heterocycles. The minimum Gasteiger partial charge on any atom is -0.462 e. The predicted octanol–water partition coefficient (Wildman–Crippen LogP) is 22.5. The molecule has 564 valence electrons. The lowest BCUT2D eigenvalue weighted by molar-refractivity contribution is -0.161. The summed E-state index contributed by atoms with van der Waals surface area (Å²) in [7, 11) is -9.91. The van der Waals surface area contributed by atoms with Gasteiger partial charge in [0.25, 0.3) is 0 Å². The van der Waals surface area contributed by atoms with Crippen LogP contribution in [-0.2, 0) is 65.4 Å². The monoisotopic (exact) mass is 1400 g/mol. The van der Waals surface area contributed by atoms with Gasteiger partial charge in [0.2, 0.25) is 0 Å². The highest BCUT2D eigenvalue weighted by molar-refractivity contribution is 7.47. The van der Waals surface area contributed by atoms with E-state index >= 15 is 0 Å². The molecule has 0 spiro atoms. The van der Waals surface area contributed by atoms with E-state index in [1.807, 2.05) is 0 Å². The number of aliphatic hydroxyl groups is 1. The topological polar surface area (TPSA) is 237 Å². The second-order valence-electron chi connectivity index (χ2n) is 27.6. The zero-order valence-electron chi connectivity index (χ0n) is 61.8. The van der Waals surface area contributed by atoms with Gasteiger partial charge in [0.1, 0.15) is 19.3 Å². The molecule has 0 aromatic carbocycles. The number of carbonyl (C=O) groups excluding carboxylic acids is 4. The first kappa shape index (κ1) is 93.1. The van der Waals surface area contributed by atoms with Gasteiger partial charge in [-0.2, -0.15) is 0 Å². The molecule has 0 rings (SSSR count). The molecule has 0 aliphatic heterocycles. The zero-order chi connectivity index (χ0) is 69.8. The number of esters is 4. The van der Waals surface area contributed by atoms with Crippen molar-refractivity contribution in [2.75, 3.05) is 39.6 Å². The fraction of sp³-hybridized carbons (Fsp3) is 0.947. The largest absolute Gasteiger partial charge is 0.472 e. The van der Waals surface area contributed by atoms with E-state index in [4.69, 9.17) is 37.0 Å². The van der Waals surface area contributed by atoms with Crippen molar-refractivity contribution in [2.24, 2.45) is 5.92 Å². The lowest BCUT2D eigenvalue weighted by Crippen LogP contribution is -2.30. The van der Waals surface area contributed by atoms with E-state index < -0.39 is 97.5 Å². The van der Waals surface area contributed by atoms with Gasteiger partial charge in [-0.1, -0.05) is 349 Å². The fourth-order valence-corrected chi connectivity index (χ4v) is 13.3. The Balaban J connectivity index is 5.22. The van der Waals surface area contributed by atoms with Gasteiger partial charge in [-0.05, 0) is 31.6 Å². The molecule has 95 heavy (non-hydrogen) atoms. The van der Waals surface area contributed by atoms with E-state index in [0.29, 0.717) is 25.7 Å². The first-order valence-corrected chi connectivity index (χ1v) is 42.7. The molecule has 0 fully saturated rings. The highest BCUT2D eigenvalue weighted by Gasteiger charge is 2.30. The maximum absolute atomic E-state index is 13.1. The Bertz CT molecular complexity index is 1820. The lowest BCUT2D eigenvalue weighted by Gasteiger charge is -2.21. The fourth-order valence-electron chi connectivity index (χ4n) is 11.7. The van der Waals surface area contributed by atoms with Gasteiger partial charge in [0.05, 0.1) is 26.4 Å². The normalized spacial score (nSPS) is 14.2. The number of hydrogen-bond donors (Lipinski definition) is 3. The van der Waals surface area contributed by atoms with Crippen molar-refractivity contribution in [3.8, 4) is 0 Å². The Hall–Kier alpha value is -1.94. The van der Waals surface area contributed by atoms with E-state index in [2.05, 4.69) is 34.6 Å². The van der Waals surface area contributed by atoms with E-state index in [0.717, 1.165) is 95.8 Å². The molecule has 3 N–H and O–H groups in total. The third-order valence-electron chi connectivity index (χ3n) is 18.1. The molecule has 0 radical (unpaired) electrons. The Morgan fingerprint density at radius 1 is 0.295 bits per heavy atom. The average molecular weight is 1400 g/mol. The van der Waals surface area contributed by atoms with Gasteiger partial charge < -0.3 is 33.8 Å². The van der Waals surface area contributed by atoms with Crippen LogP contribution < -0.4 is 0 Å². The molecule has 6 atom stereocenters. The Kier molecular flexibility index (Phi) is 67.7. The summed E-state index contributed by atoms with van der Waals surface area (Å²) in [6, 6.07) is 0. The molecular formula is C76H148O17P2. The number of phosphoric acid groups is 2. The first-order chi connectivity index (χ1) is 46.1. The van der Waals surface area contributed by atoms with Crippen molar-refractivity contribution in [1.82, 2.24) is 0 Å². The van der Waals surface area contributed by atoms with Crippen LogP contribution in [0.1, 0.15) is 401 Å². The molecule has 0 saturated carbocycles. The minimum absolute atomic E-state index is 0.108. The summed E-state index contributed by atoms with van der Waals surface area (Å²) in [6.45, 7) is 7.31. The Morgan fingerprint density at radius 2 is 0.505 bits per heavy atom. The molecule has 0 saturated heterocycles. The van der Waals surface area contributed by atoms with Crippen LogP contribution in [0.15, 0.2) is 0 Å². The molecule has 0 aromatic rings. The quantitative estimate of drug-likeness (QED) is 0.0222. The number of rotatable bonds is 76. The summed E-state index contributed by atoms with van der Waals surface area (Å²) < 4.78 is 68.5. The van der Waals surface area contributed by atoms with E-state index in [9.17, 15) is 43.2 Å². The van der Waals surface area contributed by atoms with Crippen molar-refractivity contribution in [2.45, 2.75) is 419 Å². The number of aliphatic hydroxyl groups excluding tert-OH is 1. The van der Waals surface area contributed by atoms with Gasteiger partial charge in [0, 0.05) is 25.7 Å². The standard InChI is InChI=1S/C76H148O17P2/c1-6-10-13-16-19-22-24-26-27-28-29-30-31-33-35-42-47-52-57-62-76(81)93-72(66-87-74(79)60-55-50-45-40-37-36-39-43-48-53-58-69(5)9-4)68-91-95(84,85)89-64-70(77)63-88-94(82,83)90-67-71(65-86-73(78)59-54-49-44-38-21-18-15-12-8-3)92-75(80)61-56-51-46-41-34-32-25-23-20-17-14-11-7-2/h69-72,77H,6-68H2,1-5H3,(H,82,83)(H,84,85)/t69?,70-,71+,72+/m0/s1. The Labute approximate surface area is 581 Å². The van der Waals surface area contributed by atoms with E-state index in [1.165, 1.54) is 225 Å². The third-order valence-corrected chi connectivity index (χ3v) is 20.0. The smallest absolute Gasteiger partial charge is 0.462 e. The van der Waals surface area contributed by atoms with Crippen molar-refractivity contribution in [3.05, 3.63) is 0 Å². The summed E-state index contributed by atoms with van der Waals surface area (Å²) in [5.74, 6) is -1.30. The van der Waals surface area contributed by atoms with Crippen LogP contribution in [0.2, 0.25) is 0 Å². The lowest BCUT2D eigenvalue weighted by atomic mass is 9.99. The molecule has 19 heteroatoms. The molecule has 3 unspecified atom stereocenters. The van der Waals surface area contributed by atoms with Gasteiger partial charge >= 0.3 is 39.5 Å². The van der Waals surface area contributed by atoms with Crippen molar-refractivity contribution >= 4 is 39.5 Å². The number of phosphoric ester groups is 2. The summed E-state index contributed by atoms with van der Waals surface area (Å²) in [5.41, 5.74) is 0. The van der Waals surface area contributed by atoms with Gasteiger partial charge in [0.15, 0.2) is 12.2 Å². The van der Waals surface area contributed by atoms with Crippen LogP contribution in [0.4, 0.5) is 0 Å². The van der Waals surface area contributed by atoms with E-state index in [-0.39, 0.29) is 25.7 Å². The minimum atomic E-state index is -4.96.